The van der Waals surface area contributed by atoms with Gasteiger partial charge >= 0.3 is 12.1 Å². The van der Waals surface area contributed by atoms with Crippen molar-refractivity contribution in [2.45, 2.75) is 38.8 Å². The van der Waals surface area contributed by atoms with Gasteiger partial charge in [0.05, 0.1) is 0 Å². The molecule has 1 aromatic heterocycles. The number of carboxylic acid groups (broad SMARTS) is 1. The maximum absolute atomic E-state index is 11.8. The Bertz CT molecular complexity index is 733. The van der Waals surface area contributed by atoms with Crippen molar-refractivity contribution in [2.75, 3.05) is 0 Å². The predicted molar refractivity (Wildman–Crippen MR) is 87.8 cm³/mol. The van der Waals surface area contributed by atoms with Crippen LogP contribution in [-0.2, 0) is 16.0 Å². The summed E-state index contributed by atoms with van der Waals surface area (Å²) in [6.07, 6.45) is 1.09. The van der Waals surface area contributed by atoms with Crippen LogP contribution in [0.3, 0.4) is 0 Å². The van der Waals surface area contributed by atoms with Gasteiger partial charge in [0.25, 0.3) is 0 Å². The van der Waals surface area contributed by atoms with Crippen molar-refractivity contribution in [3.8, 4) is 0 Å². The molecule has 0 spiro atoms. The number of carbonyl (C=O) groups excluding carboxylic acids is 1. The Labute approximate surface area is 138 Å². The molecule has 0 saturated heterocycles. The molecular formula is C16H19ClN2O4. The summed E-state index contributed by atoms with van der Waals surface area (Å²) in [6, 6.07) is 4.23. The van der Waals surface area contributed by atoms with Crippen LogP contribution in [0.15, 0.2) is 24.4 Å². The van der Waals surface area contributed by atoms with Gasteiger partial charge in [-0.25, -0.2) is 9.59 Å². The number of carboxylic acids is 1. The molecule has 0 fully saturated rings. The molecule has 1 heterocycles. The summed E-state index contributed by atoms with van der Waals surface area (Å²) >= 11 is 5.93. The first-order valence-corrected chi connectivity index (χ1v) is 7.51. The van der Waals surface area contributed by atoms with E-state index in [0.29, 0.717) is 5.02 Å². The molecule has 0 unspecified atom stereocenters. The minimum Gasteiger partial charge on any atom is -0.480 e. The van der Waals surface area contributed by atoms with E-state index in [9.17, 15) is 14.7 Å². The number of benzene rings is 1. The highest BCUT2D eigenvalue weighted by Crippen LogP contribution is 2.23. The van der Waals surface area contributed by atoms with Crippen LogP contribution in [0, 0.1) is 0 Å². The second-order valence-electron chi connectivity index (χ2n) is 6.24. The summed E-state index contributed by atoms with van der Waals surface area (Å²) in [5, 5.41) is 13.2. The largest absolute Gasteiger partial charge is 0.480 e. The molecule has 2 aromatic rings. The van der Waals surface area contributed by atoms with Gasteiger partial charge in [0.15, 0.2) is 0 Å². The Kier molecular flexibility index (Phi) is 4.85. The number of rotatable bonds is 4. The first kappa shape index (κ1) is 17.1. The van der Waals surface area contributed by atoms with Crippen LogP contribution in [0.5, 0.6) is 0 Å². The first-order chi connectivity index (χ1) is 10.7. The number of nitrogens with one attached hydrogen (secondary N) is 2. The van der Waals surface area contributed by atoms with Gasteiger partial charge in [-0.2, -0.15) is 0 Å². The smallest absolute Gasteiger partial charge is 0.408 e. The Morgan fingerprint density at radius 1 is 1.39 bits per heavy atom. The van der Waals surface area contributed by atoms with Gasteiger partial charge in [-0.05, 0) is 38.5 Å². The van der Waals surface area contributed by atoms with Crippen molar-refractivity contribution in [3.63, 3.8) is 0 Å². The number of hydrogen-bond acceptors (Lipinski definition) is 3. The van der Waals surface area contributed by atoms with E-state index < -0.39 is 23.7 Å². The zero-order valence-electron chi connectivity index (χ0n) is 13.1. The van der Waals surface area contributed by atoms with Crippen LogP contribution >= 0.6 is 11.6 Å². The van der Waals surface area contributed by atoms with E-state index in [1.807, 2.05) is 6.07 Å². The molecule has 0 radical (unpaired) electrons. The van der Waals surface area contributed by atoms with E-state index >= 15 is 0 Å². The molecule has 0 aliphatic carbocycles. The number of fused-ring (bicyclic) bond motifs is 1. The minimum atomic E-state index is -1.13. The van der Waals surface area contributed by atoms with Gasteiger partial charge in [-0.1, -0.05) is 17.7 Å². The normalized spacial score (nSPS) is 12.9. The van der Waals surface area contributed by atoms with Crippen LogP contribution in [0.2, 0.25) is 5.02 Å². The number of carbonyl (C=O) groups is 2. The average Bonchev–Trinajstić information content (AvgIpc) is 2.78. The van der Waals surface area contributed by atoms with Gasteiger partial charge < -0.3 is 20.1 Å². The van der Waals surface area contributed by atoms with Crippen LogP contribution < -0.4 is 5.32 Å². The zero-order chi connectivity index (χ0) is 17.2. The van der Waals surface area contributed by atoms with Gasteiger partial charge in [0.1, 0.15) is 11.6 Å². The second kappa shape index (κ2) is 6.50. The lowest BCUT2D eigenvalue weighted by Crippen LogP contribution is -2.44. The number of hydrogen-bond donors (Lipinski definition) is 3. The second-order valence-corrected chi connectivity index (χ2v) is 6.68. The number of alkyl carbamates (subject to hydrolysis) is 1. The van der Waals surface area contributed by atoms with Crippen molar-refractivity contribution >= 4 is 34.6 Å². The minimum absolute atomic E-state index is 0.135. The van der Waals surface area contributed by atoms with E-state index in [-0.39, 0.29) is 6.42 Å². The summed E-state index contributed by atoms with van der Waals surface area (Å²) < 4.78 is 5.10. The monoisotopic (exact) mass is 338 g/mol. The standard InChI is InChI=1S/C16H19ClN2O4/c1-16(2,3)23-15(22)19-13(14(20)21)6-9-8-18-12-7-10(17)4-5-11(9)12/h4-5,7-8,13,18H,6H2,1-3H3,(H,19,22)(H,20,21)/t13-/m1/s1. The average molecular weight is 339 g/mol. The van der Waals surface area contributed by atoms with Crippen molar-refractivity contribution in [1.29, 1.82) is 0 Å². The number of amides is 1. The predicted octanol–water partition coefficient (Wildman–Crippen LogP) is 3.34. The maximum Gasteiger partial charge on any atom is 0.408 e. The van der Waals surface area contributed by atoms with E-state index in [2.05, 4.69) is 10.3 Å². The lowest BCUT2D eigenvalue weighted by molar-refractivity contribution is -0.139. The Hall–Kier alpha value is -2.21. The Morgan fingerprint density at radius 3 is 2.70 bits per heavy atom. The number of H-pyrrole nitrogens is 1. The van der Waals surface area contributed by atoms with Crippen LogP contribution in [0.25, 0.3) is 10.9 Å². The van der Waals surface area contributed by atoms with Gasteiger partial charge in [0, 0.05) is 28.5 Å². The molecule has 1 aromatic carbocycles. The van der Waals surface area contributed by atoms with Gasteiger partial charge in [0.2, 0.25) is 0 Å². The van der Waals surface area contributed by atoms with E-state index in [0.717, 1.165) is 16.5 Å². The molecule has 0 aliphatic rings. The molecule has 23 heavy (non-hydrogen) atoms. The fourth-order valence-electron chi connectivity index (χ4n) is 2.20. The van der Waals surface area contributed by atoms with E-state index in [1.54, 1.807) is 39.1 Å². The van der Waals surface area contributed by atoms with Gasteiger partial charge in [-0.3, -0.25) is 0 Å². The summed E-state index contributed by atoms with van der Waals surface area (Å²) in [7, 11) is 0. The topological polar surface area (TPSA) is 91.4 Å². The molecule has 6 nitrogen and oxygen atoms in total. The SMILES string of the molecule is CC(C)(C)OC(=O)N[C@H](Cc1c[nH]c2cc(Cl)ccc12)C(=O)O. The number of aliphatic carboxylic acids is 1. The molecule has 0 bridgehead atoms. The quantitative estimate of drug-likeness (QED) is 0.797. The fraction of sp³-hybridized carbons (Fsp3) is 0.375. The fourth-order valence-corrected chi connectivity index (χ4v) is 2.37. The van der Waals surface area contributed by atoms with Gasteiger partial charge in [-0.15, -0.1) is 0 Å². The van der Waals surface area contributed by atoms with Crippen LogP contribution in [-0.4, -0.2) is 33.8 Å². The summed E-state index contributed by atoms with van der Waals surface area (Å²) in [5.41, 5.74) is 0.902. The van der Waals surface area contributed by atoms with Crippen molar-refractivity contribution in [2.24, 2.45) is 0 Å². The third-order valence-electron chi connectivity index (χ3n) is 3.14. The van der Waals surface area contributed by atoms with E-state index in [4.69, 9.17) is 16.3 Å². The molecule has 3 N–H and O–H groups in total. The molecule has 2 rings (SSSR count). The summed E-state index contributed by atoms with van der Waals surface area (Å²) in [4.78, 5) is 26.2. The van der Waals surface area contributed by atoms with Crippen LogP contribution in [0.1, 0.15) is 26.3 Å². The van der Waals surface area contributed by atoms with Crippen molar-refractivity contribution in [1.82, 2.24) is 10.3 Å². The Morgan fingerprint density at radius 2 is 2.09 bits per heavy atom. The highest BCUT2D eigenvalue weighted by atomic mass is 35.5. The first-order valence-electron chi connectivity index (χ1n) is 7.13. The Balaban J connectivity index is 2.15. The number of aromatic amines is 1. The number of halogens is 1. The highest BCUT2D eigenvalue weighted by molar-refractivity contribution is 6.31. The molecule has 124 valence electrons. The lowest BCUT2D eigenvalue weighted by Gasteiger charge is -2.22. The molecule has 1 amide bonds. The third-order valence-corrected chi connectivity index (χ3v) is 3.38. The number of aromatic nitrogens is 1. The molecule has 7 heteroatoms. The maximum atomic E-state index is 11.8. The lowest BCUT2D eigenvalue weighted by atomic mass is 10.1. The van der Waals surface area contributed by atoms with E-state index in [1.165, 1.54) is 0 Å². The van der Waals surface area contributed by atoms with Crippen molar-refractivity contribution in [3.05, 3.63) is 35.0 Å². The number of ether oxygens (including phenoxy) is 1. The van der Waals surface area contributed by atoms with Crippen molar-refractivity contribution < 1.29 is 19.4 Å². The van der Waals surface area contributed by atoms with Crippen LogP contribution in [0.4, 0.5) is 4.79 Å². The molecule has 1 atom stereocenters. The highest BCUT2D eigenvalue weighted by Gasteiger charge is 2.25. The summed E-state index contributed by atoms with van der Waals surface area (Å²) in [6.45, 7) is 5.14. The summed E-state index contributed by atoms with van der Waals surface area (Å²) in [5.74, 6) is -1.13. The molecule has 0 aliphatic heterocycles. The third kappa shape index (κ3) is 4.63. The molecular weight excluding hydrogens is 320 g/mol. The molecule has 0 saturated carbocycles. The zero-order valence-corrected chi connectivity index (χ0v) is 13.9.